The Morgan fingerprint density at radius 1 is 1.26 bits per heavy atom. The second-order valence-electron chi connectivity index (χ2n) is 8.27. The molecule has 7 heteroatoms. The second kappa shape index (κ2) is 8.78. The number of nitrogens with zero attached hydrogens (tertiary/aromatic N) is 1. The maximum Gasteiger partial charge on any atom is 0.251 e. The molecule has 0 bridgehead atoms. The molecule has 0 saturated carbocycles. The molecule has 1 saturated heterocycles. The number of amides is 2. The van der Waals surface area contributed by atoms with Crippen molar-refractivity contribution in [1.82, 2.24) is 5.32 Å². The van der Waals surface area contributed by atoms with E-state index in [1.807, 2.05) is 18.2 Å². The average Bonchev–Trinajstić information content (AvgIpc) is 3.26. The molecule has 1 fully saturated rings. The molecule has 0 aromatic heterocycles. The lowest BCUT2D eigenvalue weighted by atomic mass is 9.78. The van der Waals surface area contributed by atoms with Crippen LogP contribution < -0.4 is 16.0 Å². The van der Waals surface area contributed by atoms with Crippen LogP contribution in [0.1, 0.15) is 47.9 Å². The van der Waals surface area contributed by atoms with Crippen molar-refractivity contribution in [3.05, 3.63) is 59.2 Å². The Morgan fingerprint density at radius 3 is 2.74 bits per heavy atom. The lowest BCUT2D eigenvalue weighted by Crippen LogP contribution is -2.44. The van der Waals surface area contributed by atoms with Crippen molar-refractivity contribution < 1.29 is 14.3 Å². The largest absolute Gasteiger partial charge is 0.381 e. The van der Waals surface area contributed by atoms with Gasteiger partial charge in [0.05, 0.1) is 17.7 Å². The molecular weight excluding hydrogens is 392 g/mol. The van der Waals surface area contributed by atoms with E-state index in [-0.39, 0.29) is 29.9 Å². The Hall–Kier alpha value is -3.37. The highest BCUT2D eigenvalue weighted by Gasteiger charge is 2.42. The summed E-state index contributed by atoms with van der Waals surface area (Å²) in [6, 6.07) is 14.9. The number of carbonyl (C=O) groups excluding carboxylic acids is 2. The zero-order chi connectivity index (χ0) is 22.0. The Morgan fingerprint density at radius 2 is 2.03 bits per heavy atom. The van der Waals surface area contributed by atoms with Gasteiger partial charge in [0.25, 0.3) is 5.91 Å². The van der Waals surface area contributed by atoms with Crippen molar-refractivity contribution >= 4 is 23.2 Å². The number of nitriles is 1. The molecule has 31 heavy (non-hydrogen) atoms. The molecule has 2 aliphatic rings. The third-order valence-electron chi connectivity index (χ3n) is 6.07. The van der Waals surface area contributed by atoms with Crippen LogP contribution in [0.3, 0.4) is 0 Å². The first-order valence-electron chi connectivity index (χ1n) is 10.5. The molecule has 1 unspecified atom stereocenters. The first-order valence-corrected chi connectivity index (χ1v) is 10.5. The van der Waals surface area contributed by atoms with Crippen molar-refractivity contribution in [1.29, 1.82) is 5.26 Å². The third-order valence-corrected chi connectivity index (χ3v) is 6.07. The average molecular weight is 418 g/mol. The van der Waals surface area contributed by atoms with Gasteiger partial charge in [-0.2, -0.15) is 5.26 Å². The van der Waals surface area contributed by atoms with Gasteiger partial charge >= 0.3 is 0 Å². The fourth-order valence-electron chi connectivity index (χ4n) is 4.54. The fourth-order valence-corrected chi connectivity index (χ4v) is 4.54. The Kier molecular flexibility index (Phi) is 5.92. The number of ether oxygens (including phenoxy) is 1. The second-order valence-corrected chi connectivity index (χ2v) is 8.27. The number of carbonyl (C=O) groups is 2. The molecule has 4 rings (SSSR count). The van der Waals surface area contributed by atoms with Crippen molar-refractivity contribution in [2.75, 3.05) is 23.8 Å². The number of anilines is 2. The molecular formula is C24H26N4O3. The summed E-state index contributed by atoms with van der Waals surface area (Å²) in [4.78, 5) is 23.7. The predicted octanol–water partition coefficient (Wildman–Crippen LogP) is 3.45. The summed E-state index contributed by atoms with van der Waals surface area (Å²) in [6.45, 7) is 4.80. The minimum absolute atomic E-state index is 0.0194. The van der Waals surface area contributed by atoms with E-state index in [1.165, 1.54) is 6.92 Å². The topological polar surface area (TPSA) is 103 Å². The molecule has 0 aliphatic carbocycles. The van der Waals surface area contributed by atoms with Gasteiger partial charge in [-0.15, -0.1) is 0 Å². The van der Waals surface area contributed by atoms with Crippen LogP contribution in [0.25, 0.3) is 0 Å². The summed E-state index contributed by atoms with van der Waals surface area (Å²) in [5.41, 5.74) is 3.90. The Bertz CT molecular complexity index is 1030. The van der Waals surface area contributed by atoms with E-state index in [0.29, 0.717) is 35.9 Å². The molecule has 2 aromatic carbocycles. The summed E-state index contributed by atoms with van der Waals surface area (Å²) in [6.07, 6.45) is 0.926. The van der Waals surface area contributed by atoms with Gasteiger partial charge in [0.15, 0.2) is 0 Å². The van der Waals surface area contributed by atoms with Gasteiger partial charge in [-0.1, -0.05) is 6.92 Å². The van der Waals surface area contributed by atoms with Crippen LogP contribution in [0.2, 0.25) is 0 Å². The van der Waals surface area contributed by atoms with Crippen LogP contribution in [-0.2, 0) is 9.53 Å². The fraction of sp³-hybridized carbons (Fsp3) is 0.375. The lowest BCUT2D eigenvalue weighted by molar-refractivity contribution is -0.114. The Labute approximate surface area is 181 Å². The highest BCUT2D eigenvalue weighted by atomic mass is 16.5. The van der Waals surface area contributed by atoms with Crippen LogP contribution in [0.4, 0.5) is 11.4 Å². The van der Waals surface area contributed by atoms with Gasteiger partial charge in [-0.3, -0.25) is 9.59 Å². The Balaban J connectivity index is 1.41. The van der Waals surface area contributed by atoms with Gasteiger partial charge in [-0.25, -0.2) is 0 Å². The highest BCUT2D eigenvalue weighted by molar-refractivity contribution is 5.95. The number of hydrogen-bond acceptors (Lipinski definition) is 5. The van der Waals surface area contributed by atoms with Crippen LogP contribution in [0.5, 0.6) is 0 Å². The maximum absolute atomic E-state index is 12.6. The summed E-state index contributed by atoms with van der Waals surface area (Å²) in [5.74, 6) is 0.187. The standard InChI is InChI=1S/C24H26N4O3/c1-14(13-26-24(30)17-4-6-18(7-5-17)27-15(2)29)22-19-9-10-31-23(19)20-11-16(12-25)3-8-21(20)28-22/h3-8,11,14,19,22-23,28H,9-10,13H2,1-2H3,(H,26,30)(H,27,29)/t14?,19-,22+,23-/m0/s1. The normalized spacial score (nSPS) is 22.3. The minimum atomic E-state index is -0.148. The first kappa shape index (κ1) is 20.9. The molecule has 2 amide bonds. The van der Waals surface area contributed by atoms with E-state index in [2.05, 4.69) is 28.9 Å². The molecule has 4 atom stereocenters. The molecule has 0 radical (unpaired) electrons. The zero-order valence-corrected chi connectivity index (χ0v) is 17.6. The third kappa shape index (κ3) is 4.39. The smallest absolute Gasteiger partial charge is 0.251 e. The molecule has 0 spiro atoms. The summed E-state index contributed by atoms with van der Waals surface area (Å²) in [5, 5.41) is 18.6. The van der Waals surface area contributed by atoms with E-state index in [4.69, 9.17) is 4.74 Å². The van der Waals surface area contributed by atoms with E-state index in [9.17, 15) is 14.9 Å². The van der Waals surface area contributed by atoms with E-state index >= 15 is 0 Å². The van der Waals surface area contributed by atoms with Crippen molar-refractivity contribution in [2.24, 2.45) is 11.8 Å². The summed E-state index contributed by atoms with van der Waals surface area (Å²) >= 11 is 0. The van der Waals surface area contributed by atoms with Crippen LogP contribution >= 0.6 is 0 Å². The monoisotopic (exact) mass is 418 g/mol. The maximum atomic E-state index is 12.6. The van der Waals surface area contributed by atoms with E-state index < -0.39 is 0 Å². The lowest BCUT2D eigenvalue weighted by Gasteiger charge is -2.39. The number of benzene rings is 2. The van der Waals surface area contributed by atoms with Crippen LogP contribution in [-0.4, -0.2) is 31.0 Å². The quantitative estimate of drug-likeness (QED) is 0.690. The minimum Gasteiger partial charge on any atom is -0.381 e. The van der Waals surface area contributed by atoms with Crippen LogP contribution in [0, 0.1) is 23.2 Å². The molecule has 7 nitrogen and oxygen atoms in total. The zero-order valence-electron chi connectivity index (χ0n) is 17.6. The van der Waals surface area contributed by atoms with Gasteiger partial charge < -0.3 is 20.7 Å². The molecule has 2 aliphatic heterocycles. The number of fused-ring (bicyclic) bond motifs is 3. The molecule has 3 N–H and O–H groups in total. The molecule has 160 valence electrons. The number of nitrogens with one attached hydrogen (secondary N) is 3. The summed E-state index contributed by atoms with van der Waals surface area (Å²) in [7, 11) is 0. The summed E-state index contributed by atoms with van der Waals surface area (Å²) < 4.78 is 6.03. The van der Waals surface area contributed by atoms with Crippen LogP contribution in [0.15, 0.2) is 42.5 Å². The highest BCUT2D eigenvalue weighted by Crippen LogP contribution is 2.46. The number of hydrogen-bond donors (Lipinski definition) is 3. The SMILES string of the molecule is CC(=O)Nc1ccc(C(=O)NCC(C)[C@H]2Nc3ccc(C#N)cc3[C@H]3OCC[C@H]32)cc1. The first-order chi connectivity index (χ1) is 15.0. The van der Waals surface area contributed by atoms with Gasteiger partial charge in [0.2, 0.25) is 5.91 Å². The number of rotatable bonds is 5. The van der Waals surface area contributed by atoms with Gasteiger partial charge in [-0.05, 0) is 54.8 Å². The predicted molar refractivity (Wildman–Crippen MR) is 118 cm³/mol. The van der Waals surface area contributed by atoms with Gasteiger partial charge in [0, 0.05) is 54.5 Å². The molecule has 2 heterocycles. The molecule has 2 aromatic rings. The van der Waals surface area contributed by atoms with Crippen molar-refractivity contribution in [3.8, 4) is 6.07 Å². The van der Waals surface area contributed by atoms with E-state index in [1.54, 1.807) is 24.3 Å². The van der Waals surface area contributed by atoms with E-state index in [0.717, 1.165) is 17.7 Å². The van der Waals surface area contributed by atoms with Crippen molar-refractivity contribution in [2.45, 2.75) is 32.4 Å². The van der Waals surface area contributed by atoms with Crippen molar-refractivity contribution in [3.63, 3.8) is 0 Å². The van der Waals surface area contributed by atoms with Gasteiger partial charge in [0.1, 0.15) is 0 Å².